The first-order valence-electron chi connectivity index (χ1n) is 8.40. The predicted molar refractivity (Wildman–Crippen MR) is 103 cm³/mol. The Morgan fingerprint density at radius 1 is 1.35 bits per heavy atom. The number of nitrogens with zero attached hydrogens (tertiary/aromatic N) is 2. The van der Waals surface area contributed by atoms with Crippen LogP contribution in [0.2, 0.25) is 0 Å². The molecule has 0 aliphatic heterocycles. The maximum atomic E-state index is 12.3. The van der Waals surface area contributed by atoms with Gasteiger partial charge < -0.3 is 10.3 Å². The van der Waals surface area contributed by atoms with Gasteiger partial charge in [-0.3, -0.25) is 14.0 Å². The number of hydrogen-bond donors (Lipinski definition) is 2. The van der Waals surface area contributed by atoms with E-state index < -0.39 is 0 Å². The van der Waals surface area contributed by atoms with Gasteiger partial charge in [-0.15, -0.1) is 11.3 Å². The second-order valence-corrected chi connectivity index (χ2v) is 7.05. The molecule has 7 heteroatoms. The standard InChI is InChI=1S/C19H18N4O2S/c1-12-8-18(25)23-14(11-26-19(23)22-12)6-7-20-17(24)9-13-10-21-16-5-3-2-4-15(13)16/h2-5,8,10-11,21H,6-7,9H2,1H3,(H,20,24). The number of H-pyrrole nitrogens is 1. The molecule has 3 aromatic heterocycles. The quantitative estimate of drug-likeness (QED) is 0.569. The predicted octanol–water partition coefficient (Wildman–Crippen LogP) is 2.45. The zero-order valence-corrected chi connectivity index (χ0v) is 15.1. The van der Waals surface area contributed by atoms with Crippen molar-refractivity contribution in [3.63, 3.8) is 0 Å². The monoisotopic (exact) mass is 366 g/mol. The van der Waals surface area contributed by atoms with Crippen LogP contribution >= 0.6 is 11.3 Å². The molecule has 0 saturated heterocycles. The highest BCUT2D eigenvalue weighted by atomic mass is 32.1. The van der Waals surface area contributed by atoms with Crippen LogP contribution in [-0.2, 0) is 17.6 Å². The van der Waals surface area contributed by atoms with E-state index in [2.05, 4.69) is 15.3 Å². The third-order valence-electron chi connectivity index (χ3n) is 4.33. The van der Waals surface area contributed by atoms with Crippen molar-refractivity contribution < 1.29 is 4.79 Å². The van der Waals surface area contributed by atoms with Crippen molar-refractivity contribution in [2.75, 3.05) is 6.54 Å². The summed E-state index contributed by atoms with van der Waals surface area (Å²) < 4.78 is 1.61. The van der Waals surface area contributed by atoms with Crippen LogP contribution < -0.4 is 10.9 Å². The number of thiazole rings is 1. The van der Waals surface area contributed by atoms with E-state index in [0.717, 1.165) is 27.9 Å². The van der Waals surface area contributed by atoms with Crippen molar-refractivity contribution in [3.8, 4) is 0 Å². The Bertz CT molecular complexity index is 1160. The van der Waals surface area contributed by atoms with Crippen molar-refractivity contribution in [1.82, 2.24) is 19.7 Å². The molecule has 0 aliphatic carbocycles. The number of carbonyl (C=O) groups excluding carboxylic acids is 1. The number of benzene rings is 1. The lowest BCUT2D eigenvalue weighted by Crippen LogP contribution is -2.28. The Balaban J connectivity index is 1.40. The average molecular weight is 366 g/mol. The minimum absolute atomic E-state index is 0.0318. The minimum atomic E-state index is -0.0751. The molecule has 1 aromatic carbocycles. The first kappa shape index (κ1) is 16.5. The first-order valence-corrected chi connectivity index (χ1v) is 9.28. The van der Waals surface area contributed by atoms with E-state index in [0.29, 0.717) is 24.3 Å². The molecule has 1 amide bonds. The van der Waals surface area contributed by atoms with Gasteiger partial charge in [-0.2, -0.15) is 0 Å². The summed E-state index contributed by atoms with van der Waals surface area (Å²) >= 11 is 1.44. The number of hydrogen-bond acceptors (Lipinski definition) is 4. The lowest BCUT2D eigenvalue weighted by molar-refractivity contribution is -0.120. The van der Waals surface area contributed by atoms with Crippen LogP contribution in [0, 0.1) is 6.92 Å². The maximum Gasteiger partial charge on any atom is 0.258 e. The fraction of sp³-hybridized carbons (Fsp3) is 0.211. The molecule has 0 radical (unpaired) electrons. The van der Waals surface area contributed by atoms with E-state index in [4.69, 9.17) is 0 Å². The van der Waals surface area contributed by atoms with Crippen molar-refractivity contribution in [2.24, 2.45) is 0 Å². The molecule has 0 spiro atoms. The third kappa shape index (κ3) is 3.13. The summed E-state index contributed by atoms with van der Waals surface area (Å²) in [5.74, 6) is -0.0318. The van der Waals surface area contributed by atoms with Gasteiger partial charge in [-0.25, -0.2) is 4.98 Å². The molecule has 0 fully saturated rings. The fourth-order valence-electron chi connectivity index (χ4n) is 3.10. The van der Waals surface area contributed by atoms with Crippen molar-refractivity contribution in [3.05, 3.63) is 69.2 Å². The van der Waals surface area contributed by atoms with Gasteiger partial charge in [0.25, 0.3) is 5.56 Å². The fourth-order valence-corrected chi connectivity index (χ4v) is 4.08. The van der Waals surface area contributed by atoms with E-state index in [-0.39, 0.29) is 11.5 Å². The van der Waals surface area contributed by atoms with Crippen molar-refractivity contribution in [2.45, 2.75) is 19.8 Å². The summed E-state index contributed by atoms with van der Waals surface area (Å²) in [5, 5.41) is 5.93. The molecular weight excluding hydrogens is 348 g/mol. The van der Waals surface area contributed by atoms with E-state index in [9.17, 15) is 9.59 Å². The lowest BCUT2D eigenvalue weighted by Gasteiger charge is -2.05. The van der Waals surface area contributed by atoms with Gasteiger partial charge >= 0.3 is 0 Å². The number of aromatic amines is 1. The number of aromatic nitrogens is 3. The van der Waals surface area contributed by atoms with E-state index >= 15 is 0 Å². The van der Waals surface area contributed by atoms with Gasteiger partial charge in [0.1, 0.15) is 0 Å². The third-order valence-corrected chi connectivity index (χ3v) is 5.21. The Hall–Kier alpha value is -2.93. The minimum Gasteiger partial charge on any atom is -0.361 e. The largest absolute Gasteiger partial charge is 0.361 e. The number of nitrogens with one attached hydrogen (secondary N) is 2. The van der Waals surface area contributed by atoms with E-state index in [1.807, 2.05) is 42.8 Å². The Morgan fingerprint density at radius 3 is 3.08 bits per heavy atom. The molecule has 26 heavy (non-hydrogen) atoms. The number of rotatable bonds is 5. The molecule has 132 valence electrons. The maximum absolute atomic E-state index is 12.3. The van der Waals surface area contributed by atoms with Gasteiger partial charge in [0.05, 0.1) is 6.42 Å². The molecule has 4 aromatic rings. The SMILES string of the molecule is Cc1cc(=O)n2c(CCNC(=O)Cc3c[nH]c4ccccc34)csc2n1. The van der Waals surface area contributed by atoms with E-state index in [1.54, 1.807) is 4.40 Å². The number of aryl methyl sites for hydroxylation is 1. The molecule has 4 rings (SSSR count). The average Bonchev–Trinajstić information content (AvgIpc) is 3.20. The van der Waals surface area contributed by atoms with Crippen LogP contribution in [-0.4, -0.2) is 26.8 Å². The summed E-state index contributed by atoms with van der Waals surface area (Å²) in [7, 11) is 0. The Kier molecular flexibility index (Phi) is 4.30. The van der Waals surface area contributed by atoms with Crippen LogP contribution in [0.3, 0.4) is 0 Å². The summed E-state index contributed by atoms with van der Waals surface area (Å²) in [5.41, 5.74) is 3.52. The van der Waals surface area contributed by atoms with E-state index in [1.165, 1.54) is 17.4 Å². The highest BCUT2D eigenvalue weighted by molar-refractivity contribution is 7.15. The number of fused-ring (bicyclic) bond motifs is 2. The Morgan fingerprint density at radius 2 is 2.19 bits per heavy atom. The highest BCUT2D eigenvalue weighted by Crippen LogP contribution is 2.18. The number of amides is 1. The van der Waals surface area contributed by atoms with Crippen molar-refractivity contribution >= 4 is 33.1 Å². The van der Waals surface area contributed by atoms with Gasteiger partial charge in [0.2, 0.25) is 5.91 Å². The molecule has 6 nitrogen and oxygen atoms in total. The van der Waals surface area contributed by atoms with Crippen LogP contribution in [0.25, 0.3) is 15.9 Å². The summed E-state index contributed by atoms with van der Waals surface area (Å²) in [4.78, 5) is 32.6. The van der Waals surface area contributed by atoms with Crippen molar-refractivity contribution in [1.29, 1.82) is 0 Å². The molecule has 0 unspecified atom stereocenters. The lowest BCUT2D eigenvalue weighted by atomic mass is 10.1. The second-order valence-electron chi connectivity index (χ2n) is 6.22. The smallest absolute Gasteiger partial charge is 0.258 e. The molecule has 2 N–H and O–H groups in total. The summed E-state index contributed by atoms with van der Waals surface area (Å²) in [6, 6.07) is 9.46. The molecule has 0 saturated carbocycles. The number of carbonyl (C=O) groups is 1. The van der Waals surface area contributed by atoms with Crippen LogP contribution in [0.5, 0.6) is 0 Å². The molecule has 0 aliphatic rings. The van der Waals surface area contributed by atoms with Gasteiger partial charge in [-0.05, 0) is 18.6 Å². The molecule has 0 bridgehead atoms. The normalized spacial score (nSPS) is 11.3. The summed E-state index contributed by atoms with van der Waals surface area (Å²) in [6.07, 6.45) is 2.80. The van der Waals surface area contributed by atoms with Gasteiger partial charge in [0.15, 0.2) is 4.96 Å². The van der Waals surface area contributed by atoms with Crippen LogP contribution in [0.1, 0.15) is 17.0 Å². The van der Waals surface area contributed by atoms with Gasteiger partial charge in [-0.1, -0.05) is 18.2 Å². The second kappa shape index (κ2) is 6.76. The topological polar surface area (TPSA) is 79.3 Å². The molecular formula is C19H18N4O2S. The Labute approximate surface area is 153 Å². The zero-order chi connectivity index (χ0) is 18.1. The number of para-hydroxylation sites is 1. The van der Waals surface area contributed by atoms with Crippen LogP contribution in [0.4, 0.5) is 0 Å². The molecule has 3 heterocycles. The summed E-state index contributed by atoms with van der Waals surface area (Å²) in [6.45, 7) is 2.29. The zero-order valence-electron chi connectivity index (χ0n) is 14.3. The van der Waals surface area contributed by atoms with Gasteiger partial charge in [0, 0.05) is 52.9 Å². The first-order chi connectivity index (χ1) is 12.6. The van der Waals surface area contributed by atoms with Crippen LogP contribution in [0.15, 0.2) is 46.7 Å². The molecule has 0 atom stereocenters. The highest BCUT2D eigenvalue weighted by Gasteiger charge is 2.10.